The van der Waals surface area contributed by atoms with Gasteiger partial charge in [-0.05, 0) is 61.6 Å². The average molecular weight is 555 g/mol. The molecule has 3 aromatic rings. The van der Waals surface area contributed by atoms with E-state index in [2.05, 4.69) is 12.2 Å². The first-order valence-corrected chi connectivity index (χ1v) is 14.3. The number of Topliss-reactive ketones (excluding diaryl/α,β-unsaturated/α-hetero) is 1. The Morgan fingerprint density at radius 1 is 0.951 bits per heavy atom. The van der Waals surface area contributed by atoms with Crippen LogP contribution in [0.15, 0.2) is 78.0 Å². The smallest absolute Gasteiger partial charge is 0.227 e. The zero-order valence-electron chi connectivity index (χ0n) is 24.4. The molecule has 2 aliphatic rings. The monoisotopic (exact) mass is 554 g/mol. The molecule has 0 saturated heterocycles. The summed E-state index contributed by atoms with van der Waals surface area (Å²) in [6, 6.07) is 20.7. The van der Waals surface area contributed by atoms with Crippen LogP contribution >= 0.6 is 0 Å². The van der Waals surface area contributed by atoms with E-state index in [-0.39, 0.29) is 23.7 Å². The molecule has 0 spiro atoms. The highest BCUT2D eigenvalue weighted by atomic mass is 16.5. The van der Waals surface area contributed by atoms with Gasteiger partial charge in [0.1, 0.15) is 5.75 Å². The Labute approximate surface area is 242 Å². The summed E-state index contributed by atoms with van der Waals surface area (Å²) in [5, 5.41) is 3.59. The van der Waals surface area contributed by atoms with Gasteiger partial charge in [-0.15, -0.1) is 0 Å². The summed E-state index contributed by atoms with van der Waals surface area (Å²) >= 11 is 0. The van der Waals surface area contributed by atoms with E-state index >= 15 is 0 Å². The van der Waals surface area contributed by atoms with Crippen molar-refractivity contribution >= 4 is 23.1 Å². The van der Waals surface area contributed by atoms with Gasteiger partial charge in [0.15, 0.2) is 17.3 Å². The summed E-state index contributed by atoms with van der Waals surface area (Å²) < 4.78 is 17.4. The molecule has 0 fully saturated rings. The quantitative estimate of drug-likeness (QED) is 0.318. The molecule has 7 heteroatoms. The van der Waals surface area contributed by atoms with Gasteiger partial charge >= 0.3 is 0 Å². The number of nitrogens with zero attached hydrogens (tertiary/aromatic N) is 1. The van der Waals surface area contributed by atoms with Crippen LogP contribution in [0.3, 0.4) is 0 Å². The van der Waals surface area contributed by atoms with Crippen molar-refractivity contribution in [3.8, 4) is 17.2 Å². The summed E-state index contributed by atoms with van der Waals surface area (Å²) in [5.41, 5.74) is 4.78. The number of nitrogens with one attached hydrogen (secondary N) is 1. The number of carbonyl (C=O) groups is 2. The first-order valence-electron chi connectivity index (χ1n) is 14.3. The first-order chi connectivity index (χ1) is 19.9. The third-order valence-electron chi connectivity index (χ3n) is 8.06. The Morgan fingerprint density at radius 2 is 1.68 bits per heavy atom. The van der Waals surface area contributed by atoms with Crippen molar-refractivity contribution < 1.29 is 23.8 Å². The van der Waals surface area contributed by atoms with E-state index in [4.69, 9.17) is 14.2 Å². The van der Waals surface area contributed by atoms with Crippen molar-refractivity contribution in [2.75, 3.05) is 24.4 Å². The van der Waals surface area contributed by atoms with E-state index in [1.807, 2.05) is 80.6 Å². The molecule has 0 aromatic heterocycles. The van der Waals surface area contributed by atoms with Crippen LogP contribution in [0, 0.1) is 0 Å². The van der Waals surface area contributed by atoms with Crippen LogP contribution in [-0.2, 0) is 9.59 Å². The minimum absolute atomic E-state index is 0.00332. The molecule has 1 amide bonds. The highest BCUT2D eigenvalue weighted by Crippen LogP contribution is 2.49. The molecule has 0 unspecified atom stereocenters. The van der Waals surface area contributed by atoms with Gasteiger partial charge in [-0.1, -0.05) is 50.2 Å². The van der Waals surface area contributed by atoms with E-state index in [0.717, 1.165) is 34.6 Å². The number of rotatable bonds is 8. The van der Waals surface area contributed by atoms with Crippen LogP contribution < -0.4 is 24.4 Å². The van der Waals surface area contributed by atoms with Crippen molar-refractivity contribution in [2.45, 2.75) is 64.5 Å². The van der Waals surface area contributed by atoms with Crippen molar-refractivity contribution in [3.63, 3.8) is 0 Å². The maximum absolute atomic E-state index is 14.3. The van der Waals surface area contributed by atoms with E-state index in [1.54, 1.807) is 19.1 Å². The fourth-order valence-corrected chi connectivity index (χ4v) is 5.79. The Hall–Kier alpha value is -4.26. The zero-order chi connectivity index (χ0) is 29.1. The fourth-order valence-electron chi connectivity index (χ4n) is 5.79. The first kappa shape index (κ1) is 28.3. The summed E-state index contributed by atoms with van der Waals surface area (Å²) in [7, 11) is 3.22. The Bertz CT molecular complexity index is 1480. The molecule has 1 heterocycles. The molecule has 0 radical (unpaired) electrons. The molecule has 0 saturated carbocycles. The lowest BCUT2D eigenvalue weighted by molar-refractivity contribution is -0.119. The molecule has 1 aliphatic heterocycles. The number of para-hydroxylation sites is 3. The maximum atomic E-state index is 14.3. The molecule has 0 bridgehead atoms. The van der Waals surface area contributed by atoms with Crippen molar-refractivity contribution in [3.05, 3.63) is 89.1 Å². The molecular weight excluding hydrogens is 516 g/mol. The van der Waals surface area contributed by atoms with Gasteiger partial charge in [0.05, 0.1) is 37.7 Å². The van der Waals surface area contributed by atoms with Gasteiger partial charge < -0.3 is 19.5 Å². The number of ether oxygens (including phenoxy) is 3. The number of hydrogen-bond acceptors (Lipinski definition) is 6. The number of methoxy groups -OCH3 is 2. The zero-order valence-corrected chi connectivity index (χ0v) is 24.4. The van der Waals surface area contributed by atoms with Gasteiger partial charge in [0.25, 0.3) is 0 Å². The molecule has 3 atom stereocenters. The summed E-state index contributed by atoms with van der Waals surface area (Å²) in [5.74, 6) is 1.83. The van der Waals surface area contributed by atoms with E-state index in [9.17, 15) is 9.59 Å². The lowest BCUT2D eigenvalue weighted by Crippen LogP contribution is -2.38. The minimum atomic E-state index is -0.632. The van der Waals surface area contributed by atoms with E-state index < -0.39 is 6.04 Å². The molecule has 3 aromatic carbocycles. The number of anilines is 2. The van der Waals surface area contributed by atoms with Gasteiger partial charge in [0.2, 0.25) is 5.91 Å². The number of hydrogen-bond donors (Lipinski definition) is 1. The molecule has 41 heavy (non-hydrogen) atoms. The number of allylic oxidation sites excluding steroid dienone is 1. The third-order valence-corrected chi connectivity index (χ3v) is 8.06. The van der Waals surface area contributed by atoms with Crippen molar-refractivity contribution in [2.24, 2.45) is 0 Å². The van der Waals surface area contributed by atoms with Crippen LogP contribution in [0.2, 0.25) is 0 Å². The van der Waals surface area contributed by atoms with Crippen LogP contribution in [0.1, 0.15) is 69.5 Å². The van der Waals surface area contributed by atoms with Crippen LogP contribution in [0.4, 0.5) is 11.4 Å². The highest BCUT2D eigenvalue weighted by Gasteiger charge is 2.42. The summed E-state index contributed by atoms with van der Waals surface area (Å²) in [4.78, 5) is 29.8. The number of fused-ring (bicyclic) bond motifs is 1. The summed E-state index contributed by atoms with van der Waals surface area (Å²) in [6.07, 6.45) is 2.02. The number of carbonyl (C=O) groups excluding carboxylic acids is 2. The second-order valence-corrected chi connectivity index (χ2v) is 10.6. The molecule has 214 valence electrons. The van der Waals surface area contributed by atoms with Gasteiger partial charge in [-0.3, -0.25) is 14.5 Å². The second-order valence-electron chi connectivity index (χ2n) is 10.6. The van der Waals surface area contributed by atoms with Gasteiger partial charge in [-0.2, -0.15) is 0 Å². The predicted molar refractivity (Wildman–Crippen MR) is 161 cm³/mol. The SMILES string of the molecule is CCC(=O)N1c2ccccc2NC2=C(C(=O)C[C@@H](c3ccc(OC)c(OC)c3)C2)[C@@H]1c1ccccc1O[C@H](C)CC. The van der Waals surface area contributed by atoms with Crippen LogP contribution in [0.5, 0.6) is 17.2 Å². The minimum Gasteiger partial charge on any atom is -0.493 e. The van der Waals surface area contributed by atoms with Gasteiger partial charge in [0, 0.05) is 29.7 Å². The van der Waals surface area contributed by atoms with Crippen molar-refractivity contribution in [1.29, 1.82) is 0 Å². The molecule has 1 N–H and O–H groups in total. The average Bonchev–Trinajstić information content (AvgIpc) is 3.15. The number of amides is 1. The number of ketones is 1. The van der Waals surface area contributed by atoms with Crippen molar-refractivity contribution in [1.82, 2.24) is 0 Å². The Kier molecular flexibility index (Phi) is 8.34. The van der Waals surface area contributed by atoms with E-state index in [1.165, 1.54) is 0 Å². The predicted octanol–water partition coefficient (Wildman–Crippen LogP) is 7.19. The van der Waals surface area contributed by atoms with Gasteiger partial charge in [-0.25, -0.2) is 0 Å². The highest BCUT2D eigenvalue weighted by molar-refractivity contribution is 6.06. The standard InChI is InChI=1S/C34H38N2O5/c1-6-21(3)41-29-15-11-8-12-24(29)34-33-26(35-25-13-9-10-14-27(25)36(34)32(38)7-2)18-23(19-28(33)37)22-16-17-30(39-4)31(20-22)40-5/h8-17,20-21,23,34-35H,6-7,18-19H2,1-5H3/t21-,23+,34+/m1/s1. The lowest BCUT2D eigenvalue weighted by Gasteiger charge is -2.36. The van der Waals surface area contributed by atoms with Crippen LogP contribution in [-0.4, -0.2) is 32.0 Å². The largest absolute Gasteiger partial charge is 0.493 e. The molecule has 7 nitrogen and oxygen atoms in total. The molecule has 5 rings (SSSR count). The molecular formula is C34H38N2O5. The van der Waals surface area contributed by atoms with Crippen LogP contribution in [0.25, 0.3) is 0 Å². The second kappa shape index (κ2) is 12.1. The lowest BCUT2D eigenvalue weighted by atomic mass is 9.78. The Morgan fingerprint density at radius 3 is 2.41 bits per heavy atom. The maximum Gasteiger partial charge on any atom is 0.227 e. The third kappa shape index (κ3) is 5.41. The normalized spacial score (nSPS) is 19.0. The Balaban J connectivity index is 1.69. The summed E-state index contributed by atoms with van der Waals surface area (Å²) in [6.45, 7) is 5.96. The fraction of sp³-hybridized carbons (Fsp3) is 0.353. The molecule has 1 aliphatic carbocycles. The number of benzene rings is 3. The topological polar surface area (TPSA) is 77.1 Å². The van der Waals surface area contributed by atoms with E-state index in [0.29, 0.717) is 42.1 Å².